The predicted molar refractivity (Wildman–Crippen MR) is 121 cm³/mol. The Morgan fingerprint density at radius 1 is 0.969 bits per heavy atom. The molecule has 1 aliphatic heterocycles. The minimum Gasteiger partial charge on any atom is -0.494 e. The number of rotatable bonds is 7. The lowest BCUT2D eigenvalue weighted by Gasteiger charge is -2.54. The van der Waals surface area contributed by atoms with Crippen LogP contribution >= 0.6 is 0 Å². The first kappa shape index (κ1) is 24.4. The standard InChI is InChI=1S/C26H34F3NO2/c1-7-14-31-21-12-13-22(23(27)15-21)26(28,29)32-20-10-8-18(9-11-20)19-16-24(2,3)30(6)25(4,5)17-19/h8-13,15,19H,7,14,16-17H2,1-6H3. The molecule has 6 heteroatoms. The minimum atomic E-state index is -3.80. The van der Waals surface area contributed by atoms with Crippen LogP contribution in [-0.4, -0.2) is 29.6 Å². The summed E-state index contributed by atoms with van der Waals surface area (Å²) in [5.41, 5.74) is 0.334. The molecule has 0 radical (unpaired) electrons. The Hall–Kier alpha value is -2.21. The Balaban J connectivity index is 1.74. The molecule has 2 aromatic rings. The molecule has 1 saturated heterocycles. The minimum absolute atomic E-state index is 0.00379. The van der Waals surface area contributed by atoms with Crippen LogP contribution in [0.4, 0.5) is 13.2 Å². The summed E-state index contributed by atoms with van der Waals surface area (Å²) >= 11 is 0. The molecule has 32 heavy (non-hydrogen) atoms. The van der Waals surface area contributed by atoms with Gasteiger partial charge in [-0.1, -0.05) is 19.1 Å². The zero-order chi connectivity index (χ0) is 23.7. The number of ether oxygens (including phenoxy) is 2. The Kier molecular flexibility index (Phi) is 6.85. The first-order valence-electron chi connectivity index (χ1n) is 11.2. The summed E-state index contributed by atoms with van der Waals surface area (Å²) in [4.78, 5) is 2.40. The van der Waals surface area contributed by atoms with E-state index in [1.165, 1.54) is 18.2 Å². The Morgan fingerprint density at radius 3 is 2.06 bits per heavy atom. The lowest BCUT2D eigenvalue weighted by Crippen LogP contribution is -2.58. The number of halogens is 3. The average molecular weight is 450 g/mol. The molecule has 0 unspecified atom stereocenters. The van der Waals surface area contributed by atoms with E-state index in [1.54, 1.807) is 0 Å². The molecule has 1 aliphatic rings. The van der Waals surface area contributed by atoms with Gasteiger partial charge in [-0.3, -0.25) is 4.90 Å². The highest BCUT2D eigenvalue weighted by Gasteiger charge is 2.43. The van der Waals surface area contributed by atoms with Gasteiger partial charge < -0.3 is 9.47 Å². The molecule has 0 aliphatic carbocycles. The quantitative estimate of drug-likeness (QED) is 0.450. The van der Waals surface area contributed by atoms with Crippen molar-refractivity contribution in [2.75, 3.05) is 13.7 Å². The van der Waals surface area contributed by atoms with Gasteiger partial charge in [0.25, 0.3) is 0 Å². The van der Waals surface area contributed by atoms with Crippen molar-refractivity contribution in [3.63, 3.8) is 0 Å². The van der Waals surface area contributed by atoms with Crippen LogP contribution in [0.1, 0.15) is 70.9 Å². The third kappa shape index (κ3) is 5.22. The second-order valence-electron chi connectivity index (χ2n) is 9.97. The van der Waals surface area contributed by atoms with Gasteiger partial charge in [-0.2, -0.15) is 8.78 Å². The fourth-order valence-electron chi connectivity index (χ4n) is 4.66. The second kappa shape index (κ2) is 8.97. The van der Waals surface area contributed by atoms with Gasteiger partial charge in [0.1, 0.15) is 22.9 Å². The van der Waals surface area contributed by atoms with Gasteiger partial charge in [0.05, 0.1) is 6.61 Å². The summed E-state index contributed by atoms with van der Waals surface area (Å²) in [5, 5.41) is 0. The van der Waals surface area contributed by atoms with Crippen molar-refractivity contribution in [3.8, 4) is 11.5 Å². The molecule has 0 aromatic heterocycles. The van der Waals surface area contributed by atoms with Crippen LogP contribution in [0.5, 0.6) is 11.5 Å². The molecule has 0 atom stereocenters. The monoisotopic (exact) mass is 449 g/mol. The molecule has 176 valence electrons. The van der Waals surface area contributed by atoms with Crippen LogP contribution in [-0.2, 0) is 6.11 Å². The molecule has 1 heterocycles. The van der Waals surface area contributed by atoms with Crippen molar-refractivity contribution in [2.45, 2.75) is 77.0 Å². The highest BCUT2D eigenvalue weighted by atomic mass is 19.3. The maximum atomic E-state index is 14.7. The van der Waals surface area contributed by atoms with E-state index in [-0.39, 0.29) is 22.6 Å². The van der Waals surface area contributed by atoms with Crippen molar-refractivity contribution in [1.82, 2.24) is 4.90 Å². The molecule has 0 amide bonds. The van der Waals surface area contributed by atoms with E-state index in [9.17, 15) is 13.2 Å². The summed E-state index contributed by atoms with van der Waals surface area (Å²) in [7, 11) is 2.15. The fourth-order valence-corrected chi connectivity index (χ4v) is 4.66. The van der Waals surface area contributed by atoms with Crippen LogP contribution in [0.3, 0.4) is 0 Å². The van der Waals surface area contributed by atoms with E-state index in [1.807, 2.05) is 19.1 Å². The van der Waals surface area contributed by atoms with Gasteiger partial charge in [-0.05, 0) is 89.8 Å². The van der Waals surface area contributed by atoms with Gasteiger partial charge in [-0.15, -0.1) is 0 Å². The van der Waals surface area contributed by atoms with Crippen molar-refractivity contribution in [3.05, 3.63) is 59.4 Å². The van der Waals surface area contributed by atoms with E-state index in [2.05, 4.69) is 39.6 Å². The Labute approximate surface area is 189 Å². The molecule has 1 fully saturated rings. The van der Waals surface area contributed by atoms with Crippen LogP contribution in [0, 0.1) is 5.82 Å². The third-order valence-electron chi connectivity index (χ3n) is 6.63. The average Bonchev–Trinajstić information content (AvgIpc) is 2.70. The van der Waals surface area contributed by atoms with Crippen LogP contribution in [0.15, 0.2) is 42.5 Å². The molecule has 0 saturated carbocycles. The highest BCUT2D eigenvalue weighted by Crippen LogP contribution is 2.45. The summed E-state index contributed by atoms with van der Waals surface area (Å²) in [6.45, 7) is 11.2. The summed E-state index contributed by atoms with van der Waals surface area (Å²) in [5.74, 6) is -0.525. The van der Waals surface area contributed by atoms with Gasteiger partial charge in [0.2, 0.25) is 0 Å². The molecular formula is C26H34F3NO2. The molecular weight excluding hydrogens is 415 g/mol. The number of nitrogens with zero attached hydrogens (tertiary/aromatic N) is 1. The van der Waals surface area contributed by atoms with Crippen molar-refractivity contribution in [2.24, 2.45) is 0 Å². The zero-order valence-electron chi connectivity index (χ0n) is 19.8. The van der Waals surface area contributed by atoms with Crippen molar-refractivity contribution < 1.29 is 22.6 Å². The second-order valence-corrected chi connectivity index (χ2v) is 9.97. The Bertz CT molecular complexity index is 907. The third-order valence-corrected chi connectivity index (χ3v) is 6.63. The largest absolute Gasteiger partial charge is 0.494 e. The van der Waals surface area contributed by atoms with E-state index >= 15 is 0 Å². The van der Waals surface area contributed by atoms with Crippen LogP contribution in [0.2, 0.25) is 0 Å². The van der Waals surface area contributed by atoms with Crippen LogP contribution < -0.4 is 9.47 Å². The molecule has 0 spiro atoms. The Morgan fingerprint density at radius 2 is 1.53 bits per heavy atom. The van der Waals surface area contributed by atoms with E-state index < -0.39 is 17.5 Å². The SMILES string of the molecule is CCCOc1ccc(C(F)(F)Oc2ccc(C3CC(C)(C)N(C)C(C)(C)C3)cc2)c(F)c1. The highest BCUT2D eigenvalue weighted by molar-refractivity contribution is 5.34. The maximum Gasteiger partial charge on any atom is 0.429 e. The number of hydrogen-bond acceptors (Lipinski definition) is 3. The zero-order valence-corrected chi connectivity index (χ0v) is 19.8. The molecule has 0 bridgehead atoms. The van der Waals surface area contributed by atoms with Gasteiger partial charge in [-0.25, -0.2) is 4.39 Å². The summed E-state index contributed by atoms with van der Waals surface area (Å²) in [6.07, 6.45) is -1.11. The van der Waals surface area contributed by atoms with Gasteiger partial charge >= 0.3 is 6.11 Å². The molecule has 3 rings (SSSR count). The lowest BCUT2D eigenvalue weighted by molar-refractivity contribution is -0.187. The first-order valence-corrected chi connectivity index (χ1v) is 11.2. The molecule has 2 aromatic carbocycles. The maximum absolute atomic E-state index is 14.7. The molecule has 0 N–H and O–H groups in total. The predicted octanol–water partition coefficient (Wildman–Crippen LogP) is 7.11. The van der Waals surface area contributed by atoms with Gasteiger partial charge in [0, 0.05) is 17.1 Å². The van der Waals surface area contributed by atoms with Gasteiger partial charge in [0.15, 0.2) is 0 Å². The first-order chi connectivity index (χ1) is 14.9. The number of hydrogen-bond donors (Lipinski definition) is 0. The van der Waals surface area contributed by atoms with Crippen molar-refractivity contribution in [1.29, 1.82) is 0 Å². The smallest absolute Gasteiger partial charge is 0.429 e. The van der Waals surface area contributed by atoms with E-state index in [0.29, 0.717) is 12.5 Å². The lowest BCUT2D eigenvalue weighted by atomic mass is 9.71. The number of benzene rings is 2. The van der Waals surface area contributed by atoms with Crippen molar-refractivity contribution >= 4 is 0 Å². The summed E-state index contributed by atoms with van der Waals surface area (Å²) in [6, 6.07) is 10.1. The van der Waals surface area contributed by atoms with E-state index in [0.717, 1.165) is 37.0 Å². The fraction of sp³-hybridized carbons (Fsp3) is 0.538. The molecule has 3 nitrogen and oxygen atoms in total. The number of piperidine rings is 1. The summed E-state index contributed by atoms with van der Waals surface area (Å²) < 4.78 is 53.9. The number of alkyl halides is 2. The number of likely N-dealkylation sites (tertiary alicyclic amines) is 1. The topological polar surface area (TPSA) is 21.7 Å². The normalized spacial score (nSPS) is 19.0. The van der Waals surface area contributed by atoms with Crippen LogP contribution in [0.25, 0.3) is 0 Å². The van der Waals surface area contributed by atoms with E-state index in [4.69, 9.17) is 9.47 Å².